The zero-order valence-corrected chi connectivity index (χ0v) is 16.8. The molecule has 1 saturated heterocycles. The Kier molecular flexibility index (Phi) is 13.4. The molecule has 0 radical (unpaired) electrons. The van der Waals surface area contributed by atoms with Crippen molar-refractivity contribution in [2.24, 2.45) is 23.7 Å². The molecule has 6 nitrogen and oxygen atoms in total. The standard InChI is InChI=1S/C7H12O2.C6H13NO.C5H11NO/c1-5(2)7(8)6-3-9-4-6;1-5(2)6(8)7(3)4;1-4(2)5(7)6-3/h5-6H,3-4H2,1-2H3;5H,1-4H3;4H,1-3H3,(H,6,7). The molecule has 142 valence electrons. The van der Waals surface area contributed by atoms with Crippen molar-refractivity contribution in [1.82, 2.24) is 10.2 Å². The van der Waals surface area contributed by atoms with E-state index in [4.69, 9.17) is 4.74 Å². The van der Waals surface area contributed by atoms with Gasteiger partial charge in [0, 0.05) is 38.9 Å². The molecular formula is C18H36N2O4. The molecule has 0 bridgehead atoms. The van der Waals surface area contributed by atoms with E-state index in [1.807, 2.05) is 41.5 Å². The highest BCUT2D eigenvalue weighted by molar-refractivity contribution is 5.83. The lowest BCUT2D eigenvalue weighted by Gasteiger charge is -2.25. The van der Waals surface area contributed by atoms with E-state index < -0.39 is 0 Å². The Morgan fingerprint density at radius 2 is 1.38 bits per heavy atom. The summed E-state index contributed by atoms with van der Waals surface area (Å²) in [7, 11) is 5.17. The predicted molar refractivity (Wildman–Crippen MR) is 96.6 cm³/mol. The van der Waals surface area contributed by atoms with Crippen molar-refractivity contribution in [3.63, 3.8) is 0 Å². The number of Topliss-reactive ketones (excluding diaryl/α,β-unsaturated/α-hetero) is 1. The first kappa shape index (κ1) is 24.8. The van der Waals surface area contributed by atoms with Crippen LogP contribution >= 0.6 is 0 Å². The van der Waals surface area contributed by atoms with Crippen LogP contribution in [-0.4, -0.2) is 56.9 Å². The van der Waals surface area contributed by atoms with Crippen LogP contribution in [-0.2, 0) is 19.1 Å². The monoisotopic (exact) mass is 344 g/mol. The molecule has 0 spiro atoms. The molecule has 1 aliphatic heterocycles. The average molecular weight is 344 g/mol. The summed E-state index contributed by atoms with van der Waals surface area (Å²) in [5, 5.41) is 2.53. The first-order valence-corrected chi connectivity index (χ1v) is 8.49. The number of ether oxygens (including phenoxy) is 1. The minimum atomic E-state index is 0.0972. The number of carbonyl (C=O) groups is 3. The third-order valence-electron chi connectivity index (χ3n) is 3.31. The first-order chi connectivity index (χ1) is 10.9. The van der Waals surface area contributed by atoms with Crippen LogP contribution in [0, 0.1) is 23.7 Å². The fourth-order valence-corrected chi connectivity index (χ4v) is 1.68. The Labute approximate surface area is 147 Å². The SMILES string of the molecule is CC(C)C(=O)C1COC1.CC(C)C(=O)N(C)C.CNC(=O)C(C)C. The van der Waals surface area contributed by atoms with Gasteiger partial charge in [-0.1, -0.05) is 41.5 Å². The Hall–Kier alpha value is -1.43. The number of amides is 2. The number of nitrogens with zero attached hydrogens (tertiary/aromatic N) is 1. The molecule has 1 aliphatic rings. The molecule has 1 fully saturated rings. The predicted octanol–water partition coefficient (Wildman–Crippen LogP) is 1.98. The molecule has 1 heterocycles. The molecule has 6 heteroatoms. The van der Waals surface area contributed by atoms with E-state index >= 15 is 0 Å². The van der Waals surface area contributed by atoms with Crippen molar-refractivity contribution < 1.29 is 19.1 Å². The maximum atomic E-state index is 11.0. The van der Waals surface area contributed by atoms with Gasteiger partial charge >= 0.3 is 0 Å². The number of carbonyl (C=O) groups excluding carboxylic acids is 3. The minimum absolute atomic E-state index is 0.0972. The van der Waals surface area contributed by atoms with Gasteiger partial charge in [-0.3, -0.25) is 14.4 Å². The summed E-state index contributed by atoms with van der Waals surface area (Å²) in [6.45, 7) is 12.7. The van der Waals surface area contributed by atoms with Gasteiger partial charge in [0.2, 0.25) is 11.8 Å². The van der Waals surface area contributed by atoms with Crippen molar-refractivity contribution >= 4 is 17.6 Å². The second-order valence-corrected chi connectivity index (χ2v) is 6.95. The Morgan fingerprint density at radius 3 is 1.42 bits per heavy atom. The zero-order chi connectivity index (χ0) is 19.4. The largest absolute Gasteiger partial charge is 0.380 e. The summed E-state index contributed by atoms with van der Waals surface area (Å²) in [5.41, 5.74) is 0. The van der Waals surface area contributed by atoms with Gasteiger partial charge in [0.25, 0.3) is 0 Å². The quantitative estimate of drug-likeness (QED) is 0.846. The van der Waals surface area contributed by atoms with Crippen molar-refractivity contribution in [2.75, 3.05) is 34.4 Å². The Balaban J connectivity index is 0. The summed E-state index contributed by atoms with van der Waals surface area (Å²) in [6.07, 6.45) is 0. The molecule has 1 N–H and O–H groups in total. The third kappa shape index (κ3) is 11.2. The second kappa shape index (κ2) is 12.9. The van der Waals surface area contributed by atoms with E-state index in [2.05, 4.69) is 5.32 Å². The first-order valence-electron chi connectivity index (χ1n) is 8.49. The number of rotatable bonds is 4. The van der Waals surface area contributed by atoms with Crippen molar-refractivity contribution in [1.29, 1.82) is 0 Å². The van der Waals surface area contributed by atoms with Gasteiger partial charge < -0.3 is 15.0 Å². The van der Waals surface area contributed by atoms with Gasteiger partial charge in [-0.05, 0) is 0 Å². The lowest BCUT2D eigenvalue weighted by Crippen LogP contribution is -2.36. The molecule has 0 aromatic rings. The highest BCUT2D eigenvalue weighted by Crippen LogP contribution is 2.15. The van der Waals surface area contributed by atoms with Crippen LogP contribution in [0.5, 0.6) is 0 Å². The molecule has 0 atom stereocenters. The molecular weight excluding hydrogens is 308 g/mol. The smallest absolute Gasteiger partial charge is 0.224 e. The molecule has 0 aromatic heterocycles. The molecule has 0 saturated carbocycles. The average Bonchev–Trinajstić information content (AvgIpc) is 2.44. The van der Waals surface area contributed by atoms with Gasteiger partial charge in [-0.25, -0.2) is 0 Å². The van der Waals surface area contributed by atoms with Gasteiger partial charge in [-0.2, -0.15) is 0 Å². The zero-order valence-electron chi connectivity index (χ0n) is 16.8. The van der Waals surface area contributed by atoms with E-state index in [-0.39, 0.29) is 35.5 Å². The van der Waals surface area contributed by atoms with E-state index in [0.29, 0.717) is 19.0 Å². The highest BCUT2D eigenvalue weighted by atomic mass is 16.5. The highest BCUT2D eigenvalue weighted by Gasteiger charge is 2.27. The summed E-state index contributed by atoms with van der Waals surface area (Å²) in [4.78, 5) is 33.8. The summed E-state index contributed by atoms with van der Waals surface area (Å²) in [5.74, 6) is 1.27. The van der Waals surface area contributed by atoms with Crippen LogP contribution in [0.4, 0.5) is 0 Å². The fourth-order valence-electron chi connectivity index (χ4n) is 1.68. The molecule has 2 amide bonds. The van der Waals surface area contributed by atoms with Crippen LogP contribution in [0.3, 0.4) is 0 Å². The number of hydrogen-bond acceptors (Lipinski definition) is 4. The van der Waals surface area contributed by atoms with E-state index in [0.717, 1.165) is 0 Å². The maximum Gasteiger partial charge on any atom is 0.224 e. The Bertz CT molecular complexity index is 376. The summed E-state index contributed by atoms with van der Waals surface area (Å²) >= 11 is 0. The third-order valence-corrected chi connectivity index (χ3v) is 3.31. The maximum absolute atomic E-state index is 11.0. The van der Waals surface area contributed by atoms with Crippen molar-refractivity contribution in [3.8, 4) is 0 Å². The minimum Gasteiger partial charge on any atom is -0.380 e. The fraction of sp³-hybridized carbons (Fsp3) is 0.833. The van der Waals surface area contributed by atoms with Crippen LogP contribution < -0.4 is 5.32 Å². The van der Waals surface area contributed by atoms with Crippen molar-refractivity contribution in [3.05, 3.63) is 0 Å². The normalized spacial score (nSPS) is 13.3. The van der Waals surface area contributed by atoms with Crippen LogP contribution in [0.15, 0.2) is 0 Å². The van der Waals surface area contributed by atoms with Gasteiger partial charge in [0.05, 0.1) is 19.1 Å². The number of hydrogen-bond donors (Lipinski definition) is 1. The molecule has 1 rings (SSSR count). The number of ketones is 1. The van der Waals surface area contributed by atoms with E-state index in [1.165, 1.54) is 0 Å². The lowest BCUT2D eigenvalue weighted by atomic mass is 9.94. The van der Waals surface area contributed by atoms with E-state index in [9.17, 15) is 14.4 Å². The van der Waals surface area contributed by atoms with Crippen LogP contribution in [0.1, 0.15) is 41.5 Å². The second-order valence-electron chi connectivity index (χ2n) is 6.95. The molecule has 0 unspecified atom stereocenters. The van der Waals surface area contributed by atoms with E-state index in [1.54, 1.807) is 26.0 Å². The topological polar surface area (TPSA) is 75.7 Å². The van der Waals surface area contributed by atoms with Gasteiger partial charge in [0.1, 0.15) is 5.78 Å². The van der Waals surface area contributed by atoms with Crippen LogP contribution in [0.2, 0.25) is 0 Å². The summed E-state index contributed by atoms with van der Waals surface area (Å²) in [6, 6.07) is 0. The van der Waals surface area contributed by atoms with Gasteiger partial charge in [-0.15, -0.1) is 0 Å². The van der Waals surface area contributed by atoms with Crippen molar-refractivity contribution in [2.45, 2.75) is 41.5 Å². The molecule has 0 aliphatic carbocycles. The van der Waals surface area contributed by atoms with Gasteiger partial charge in [0.15, 0.2) is 0 Å². The van der Waals surface area contributed by atoms with Crippen LogP contribution in [0.25, 0.3) is 0 Å². The summed E-state index contributed by atoms with van der Waals surface area (Å²) < 4.78 is 4.89. The molecule has 24 heavy (non-hydrogen) atoms. The number of nitrogens with one attached hydrogen (secondary N) is 1. The lowest BCUT2D eigenvalue weighted by molar-refractivity contribution is -0.139. The Morgan fingerprint density at radius 1 is 0.917 bits per heavy atom. The molecule has 0 aromatic carbocycles.